The lowest BCUT2D eigenvalue weighted by molar-refractivity contribution is 0.110. The molecule has 0 saturated heterocycles. The van der Waals surface area contributed by atoms with Gasteiger partial charge in [0.2, 0.25) is 17.2 Å². The summed E-state index contributed by atoms with van der Waals surface area (Å²) in [6.07, 6.45) is 1.90. The van der Waals surface area contributed by atoms with Crippen molar-refractivity contribution in [3.8, 4) is 0 Å². The summed E-state index contributed by atoms with van der Waals surface area (Å²) in [5.41, 5.74) is 0. The smallest absolute Gasteiger partial charge is 0.228 e. The van der Waals surface area contributed by atoms with Crippen LogP contribution in [0.15, 0.2) is 0 Å². The second-order valence-electron chi connectivity index (χ2n) is 4.93. The van der Waals surface area contributed by atoms with Crippen LogP contribution in [0.25, 0.3) is 0 Å². The van der Waals surface area contributed by atoms with Crippen molar-refractivity contribution in [3.63, 3.8) is 0 Å². The predicted octanol–water partition coefficient (Wildman–Crippen LogP) is 2.82. The van der Waals surface area contributed by atoms with Gasteiger partial charge in [-0.25, -0.2) is 0 Å². The molecule has 0 spiro atoms. The largest absolute Gasteiger partial charge is 0.381 e. The fraction of sp³-hybridized carbons (Fsp3) is 0.769. The Morgan fingerprint density at radius 1 is 1.10 bits per heavy atom. The van der Waals surface area contributed by atoms with Gasteiger partial charge in [-0.2, -0.15) is 15.0 Å². The van der Waals surface area contributed by atoms with Crippen molar-refractivity contribution in [3.05, 3.63) is 5.28 Å². The molecule has 1 aromatic heterocycles. The summed E-state index contributed by atoms with van der Waals surface area (Å²) in [6, 6.07) is 0. The Hall–Kier alpha value is -1.14. The number of nitrogens with one attached hydrogen (secondary N) is 2. The highest BCUT2D eigenvalue weighted by Gasteiger charge is 2.03. The zero-order valence-corrected chi connectivity index (χ0v) is 13.2. The lowest BCUT2D eigenvalue weighted by atomic mass is 10.2. The standard InChI is InChI=1S/C13H24ClN5O/c1-4-6-15-12-17-11(14)18-13(19-12)16-7-5-8-20-9-10(2)3/h10H,4-9H2,1-3H3,(H2,15,16,17,18,19). The van der Waals surface area contributed by atoms with Crippen molar-refractivity contribution in [2.75, 3.05) is 36.9 Å². The molecule has 114 valence electrons. The van der Waals surface area contributed by atoms with Crippen molar-refractivity contribution >= 4 is 23.5 Å². The molecule has 2 N–H and O–H groups in total. The van der Waals surface area contributed by atoms with Crippen LogP contribution >= 0.6 is 11.6 Å². The third kappa shape index (κ3) is 7.45. The monoisotopic (exact) mass is 301 g/mol. The topological polar surface area (TPSA) is 72.0 Å². The van der Waals surface area contributed by atoms with E-state index in [-0.39, 0.29) is 5.28 Å². The van der Waals surface area contributed by atoms with E-state index in [4.69, 9.17) is 16.3 Å². The van der Waals surface area contributed by atoms with Gasteiger partial charge >= 0.3 is 0 Å². The van der Waals surface area contributed by atoms with Crippen molar-refractivity contribution in [1.82, 2.24) is 15.0 Å². The molecular weight excluding hydrogens is 278 g/mol. The number of hydrogen-bond acceptors (Lipinski definition) is 6. The van der Waals surface area contributed by atoms with E-state index in [0.29, 0.717) is 17.8 Å². The van der Waals surface area contributed by atoms with Crippen LogP contribution in [0.2, 0.25) is 5.28 Å². The molecule has 6 nitrogen and oxygen atoms in total. The summed E-state index contributed by atoms with van der Waals surface area (Å²) >= 11 is 5.86. The Bertz CT molecular complexity index is 389. The molecular formula is C13H24ClN5O. The van der Waals surface area contributed by atoms with Crippen LogP contribution in [0.3, 0.4) is 0 Å². The van der Waals surface area contributed by atoms with Crippen molar-refractivity contribution in [2.24, 2.45) is 5.92 Å². The first-order valence-corrected chi connectivity index (χ1v) is 7.46. The SMILES string of the molecule is CCCNc1nc(Cl)nc(NCCCOCC(C)C)n1. The van der Waals surface area contributed by atoms with Gasteiger partial charge in [-0.05, 0) is 30.4 Å². The summed E-state index contributed by atoms with van der Waals surface area (Å²) in [4.78, 5) is 12.3. The van der Waals surface area contributed by atoms with Crippen LogP contribution in [0.4, 0.5) is 11.9 Å². The first-order valence-electron chi connectivity index (χ1n) is 7.09. The highest BCUT2D eigenvalue weighted by atomic mass is 35.5. The lowest BCUT2D eigenvalue weighted by Gasteiger charge is -2.09. The molecule has 0 unspecified atom stereocenters. The lowest BCUT2D eigenvalue weighted by Crippen LogP contribution is -2.12. The normalized spacial score (nSPS) is 10.8. The Kier molecular flexibility index (Phi) is 8.22. The van der Waals surface area contributed by atoms with Crippen LogP contribution in [0.1, 0.15) is 33.6 Å². The number of anilines is 2. The molecule has 0 radical (unpaired) electrons. The Morgan fingerprint density at radius 3 is 2.35 bits per heavy atom. The number of nitrogens with zero attached hydrogens (tertiary/aromatic N) is 3. The molecule has 1 heterocycles. The van der Waals surface area contributed by atoms with Gasteiger partial charge in [-0.15, -0.1) is 0 Å². The molecule has 20 heavy (non-hydrogen) atoms. The Morgan fingerprint density at radius 2 is 1.75 bits per heavy atom. The molecule has 0 saturated carbocycles. The van der Waals surface area contributed by atoms with Gasteiger partial charge in [-0.1, -0.05) is 20.8 Å². The minimum Gasteiger partial charge on any atom is -0.381 e. The summed E-state index contributed by atoms with van der Waals surface area (Å²) < 4.78 is 5.50. The van der Waals surface area contributed by atoms with Gasteiger partial charge < -0.3 is 15.4 Å². The number of rotatable bonds is 10. The highest BCUT2D eigenvalue weighted by Crippen LogP contribution is 2.09. The van der Waals surface area contributed by atoms with Gasteiger partial charge in [0.05, 0.1) is 0 Å². The first-order chi connectivity index (χ1) is 9.61. The number of ether oxygens (including phenoxy) is 1. The van der Waals surface area contributed by atoms with Gasteiger partial charge in [0, 0.05) is 26.3 Å². The maximum Gasteiger partial charge on any atom is 0.228 e. The second-order valence-corrected chi connectivity index (χ2v) is 5.27. The van der Waals surface area contributed by atoms with E-state index in [9.17, 15) is 0 Å². The first kappa shape index (κ1) is 16.9. The van der Waals surface area contributed by atoms with E-state index in [2.05, 4.69) is 46.4 Å². The highest BCUT2D eigenvalue weighted by molar-refractivity contribution is 6.28. The van der Waals surface area contributed by atoms with Crippen molar-refractivity contribution in [1.29, 1.82) is 0 Å². The zero-order chi connectivity index (χ0) is 14.8. The number of hydrogen-bond donors (Lipinski definition) is 2. The van der Waals surface area contributed by atoms with Crippen LogP contribution < -0.4 is 10.6 Å². The quantitative estimate of drug-likeness (QED) is 0.648. The fourth-order valence-corrected chi connectivity index (χ4v) is 1.60. The average Bonchev–Trinajstić information content (AvgIpc) is 2.39. The van der Waals surface area contributed by atoms with Gasteiger partial charge in [0.25, 0.3) is 0 Å². The van der Waals surface area contributed by atoms with Gasteiger partial charge in [0.1, 0.15) is 0 Å². The molecule has 1 rings (SSSR count). The minimum absolute atomic E-state index is 0.192. The summed E-state index contributed by atoms with van der Waals surface area (Å²) in [5.74, 6) is 1.57. The molecule has 0 bridgehead atoms. The van der Waals surface area contributed by atoms with Gasteiger partial charge in [0.15, 0.2) is 0 Å². The van der Waals surface area contributed by atoms with E-state index >= 15 is 0 Å². The molecule has 0 fully saturated rings. The van der Waals surface area contributed by atoms with Crippen LogP contribution in [0, 0.1) is 5.92 Å². The van der Waals surface area contributed by atoms with E-state index in [1.54, 1.807) is 0 Å². The Labute approximate surface area is 125 Å². The van der Waals surface area contributed by atoms with Crippen LogP contribution in [0.5, 0.6) is 0 Å². The molecule has 0 amide bonds. The van der Waals surface area contributed by atoms with Crippen molar-refractivity contribution < 1.29 is 4.74 Å². The third-order valence-electron chi connectivity index (χ3n) is 2.34. The molecule has 0 aliphatic heterocycles. The third-order valence-corrected chi connectivity index (χ3v) is 2.51. The van der Waals surface area contributed by atoms with Crippen LogP contribution in [-0.4, -0.2) is 41.3 Å². The fourth-order valence-electron chi connectivity index (χ4n) is 1.44. The van der Waals surface area contributed by atoms with Crippen molar-refractivity contribution in [2.45, 2.75) is 33.6 Å². The minimum atomic E-state index is 0.192. The summed E-state index contributed by atoms with van der Waals surface area (Å²) in [6.45, 7) is 9.42. The molecule has 0 atom stereocenters. The summed E-state index contributed by atoms with van der Waals surface area (Å²) in [7, 11) is 0. The molecule has 0 aliphatic rings. The molecule has 0 aromatic carbocycles. The maximum absolute atomic E-state index is 5.86. The number of halogens is 1. The molecule has 1 aromatic rings. The van der Waals surface area contributed by atoms with E-state index in [1.165, 1.54) is 0 Å². The maximum atomic E-state index is 5.86. The van der Waals surface area contributed by atoms with E-state index < -0.39 is 0 Å². The predicted molar refractivity (Wildman–Crippen MR) is 82.4 cm³/mol. The van der Waals surface area contributed by atoms with E-state index in [0.717, 1.165) is 39.1 Å². The van der Waals surface area contributed by atoms with Crippen LogP contribution in [-0.2, 0) is 4.74 Å². The summed E-state index contributed by atoms with van der Waals surface area (Å²) in [5, 5.41) is 6.40. The zero-order valence-electron chi connectivity index (χ0n) is 12.4. The second kappa shape index (κ2) is 9.72. The number of aromatic nitrogens is 3. The van der Waals surface area contributed by atoms with Gasteiger partial charge in [-0.3, -0.25) is 0 Å². The average molecular weight is 302 g/mol. The molecule has 0 aliphatic carbocycles. The molecule has 7 heteroatoms. The Balaban J connectivity index is 2.30. The van der Waals surface area contributed by atoms with E-state index in [1.807, 2.05) is 0 Å².